The number of carbonyl (C=O) groups excluding carboxylic acids is 1. The fourth-order valence-electron chi connectivity index (χ4n) is 2.65. The van der Waals surface area contributed by atoms with Gasteiger partial charge in [0.15, 0.2) is 0 Å². The number of ether oxygens (including phenoxy) is 1. The van der Waals surface area contributed by atoms with Gasteiger partial charge in [-0.05, 0) is 19.1 Å². The zero-order chi connectivity index (χ0) is 16.1. The van der Waals surface area contributed by atoms with E-state index in [-0.39, 0.29) is 5.91 Å². The van der Waals surface area contributed by atoms with Crippen LogP contribution in [0.4, 0.5) is 0 Å². The molecule has 1 aliphatic rings. The zero-order valence-corrected chi connectivity index (χ0v) is 13.3. The van der Waals surface area contributed by atoms with Crippen LogP contribution in [0.25, 0.3) is 5.69 Å². The third-order valence-electron chi connectivity index (χ3n) is 4.09. The summed E-state index contributed by atoms with van der Waals surface area (Å²) in [5, 5.41) is 7.24. The molecule has 1 atom stereocenters. The van der Waals surface area contributed by atoms with Gasteiger partial charge >= 0.3 is 0 Å². The van der Waals surface area contributed by atoms with Crippen molar-refractivity contribution in [2.45, 2.75) is 13.0 Å². The van der Waals surface area contributed by atoms with Crippen LogP contribution in [0.2, 0.25) is 0 Å². The molecule has 6 nitrogen and oxygen atoms in total. The summed E-state index contributed by atoms with van der Waals surface area (Å²) >= 11 is 0. The van der Waals surface area contributed by atoms with Crippen molar-refractivity contribution >= 4 is 5.91 Å². The fourth-order valence-corrected chi connectivity index (χ4v) is 2.65. The second-order valence-electron chi connectivity index (χ2n) is 5.72. The molecule has 3 rings (SSSR count). The normalized spacial score (nSPS) is 16.9. The second-order valence-corrected chi connectivity index (χ2v) is 5.72. The first kappa shape index (κ1) is 15.7. The number of benzene rings is 1. The zero-order valence-electron chi connectivity index (χ0n) is 13.3. The Kier molecular flexibility index (Phi) is 5.05. The predicted molar refractivity (Wildman–Crippen MR) is 87.8 cm³/mol. The van der Waals surface area contributed by atoms with Crippen molar-refractivity contribution in [2.24, 2.45) is 0 Å². The summed E-state index contributed by atoms with van der Waals surface area (Å²) in [6, 6.07) is 10.0. The third kappa shape index (κ3) is 3.97. The Labute approximate surface area is 136 Å². The number of amides is 1. The summed E-state index contributed by atoms with van der Waals surface area (Å²) in [5.74, 6) is -0.0905. The van der Waals surface area contributed by atoms with Crippen LogP contribution in [0.3, 0.4) is 0 Å². The van der Waals surface area contributed by atoms with Gasteiger partial charge in [0.05, 0.1) is 30.7 Å². The van der Waals surface area contributed by atoms with E-state index < -0.39 is 0 Å². The van der Waals surface area contributed by atoms with Gasteiger partial charge in [0.1, 0.15) is 0 Å². The highest BCUT2D eigenvalue weighted by Gasteiger charge is 2.18. The Hall–Kier alpha value is -2.18. The first-order chi connectivity index (χ1) is 11.2. The molecule has 1 N–H and O–H groups in total. The molecule has 1 aromatic heterocycles. The molecule has 0 saturated carbocycles. The molecule has 122 valence electrons. The van der Waals surface area contributed by atoms with Gasteiger partial charge in [-0.2, -0.15) is 5.10 Å². The van der Waals surface area contributed by atoms with Gasteiger partial charge in [-0.1, -0.05) is 18.2 Å². The van der Waals surface area contributed by atoms with Crippen LogP contribution in [0, 0.1) is 0 Å². The van der Waals surface area contributed by atoms with Gasteiger partial charge < -0.3 is 10.1 Å². The molecule has 6 heteroatoms. The van der Waals surface area contributed by atoms with Crippen molar-refractivity contribution in [1.29, 1.82) is 0 Å². The lowest BCUT2D eigenvalue weighted by Gasteiger charge is -2.32. The first-order valence-electron chi connectivity index (χ1n) is 7.94. The molecule has 23 heavy (non-hydrogen) atoms. The monoisotopic (exact) mass is 314 g/mol. The van der Waals surface area contributed by atoms with E-state index in [1.807, 2.05) is 30.3 Å². The maximum atomic E-state index is 12.3. The average Bonchev–Trinajstić information content (AvgIpc) is 3.11. The van der Waals surface area contributed by atoms with Crippen LogP contribution in [0.15, 0.2) is 42.7 Å². The predicted octanol–water partition coefficient (Wildman–Crippen LogP) is 1.32. The molecular formula is C17H22N4O2. The number of hydrogen-bond acceptors (Lipinski definition) is 4. The third-order valence-corrected chi connectivity index (χ3v) is 4.09. The molecule has 1 fully saturated rings. The van der Waals surface area contributed by atoms with E-state index in [1.54, 1.807) is 17.1 Å². The van der Waals surface area contributed by atoms with Gasteiger partial charge in [-0.3, -0.25) is 9.69 Å². The molecule has 0 unspecified atom stereocenters. The molecule has 1 aliphatic heterocycles. The molecule has 1 saturated heterocycles. The number of rotatable bonds is 5. The van der Waals surface area contributed by atoms with Gasteiger partial charge in [0.2, 0.25) is 0 Å². The number of nitrogens with one attached hydrogen (secondary N) is 1. The second kappa shape index (κ2) is 7.39. The largest absolute Gasteiger partial charge is 0.379 e. The molecule has 2 heterocycles. The standard InChI is InChI=1S/C17H22N4O2/c1-14(20-7-9-23-10-8-20)11-18-17(22)15-12-19-21(13-15)16-5-3-2-4-6-16/h2-6,12-14H,7-11H2,1H3,(H,18,22)/t14-/m1/s1. The van der Waals surface area contributed by atoms with E-state index in [2.05, 4.69) is 22.2 Å². The highest BCUT2D eigenvalue weighted by molar-refractivity contribution is 5.93. The van der Waals surface area contributed by atoms with E-state index in [1.165, 1.54) is 0 Å². The van der Waals surface area contributed by atoms with Gasteiger partial charge in [0, 0.05) is 31.9 Å². The lowest BCUT2D eigenvalue weighted by Crippen LogP contribution is -2.47. The lowest BCUT2D eigenvalue weighted by atomic mass is 10.2. The summed E-state index contributed by atoms with van der Waals surface area (Å²) in [5.41, 5.74) is 1.51. The van der Waals surface area contributed by atoms with Crippen molar-refractivity contribution < 1.29 is 9.53 Å². The highest BCUT2D eigenvalue weighted by Crippen LogP contribution is 2.08. The summed E-state index contributed by atoms with van der Waals surface area (Å²) in [6.45, 7) is 6.12. The van der Waals surface area contributed by atoms with Gasteiger partial charge in [0.25, 0.3) is 5.91 Å². The average molecular weight is 314 g/mol. The van der Waals surface area contributed by atoms with E-state index in [4.69, 9.17) is 4.74 Å². The van der Waals surface area contributed by atoms with E-state index >= 15 is 0 Å². The van der Waals surface area contributed by atoms with Gasteiger partial charge in [-0.25, -0.2) is 4.68 Å². The molecule has 1 amide bonds. The van der Waals surface area contributed by atoms with Crippen LogP contribution in [0.1, 0.15) is 17.3 Å². The molecule has 0 aliphatic carbocycles. The molecule has 1 aromatic carbocycles. The maximum absolute atomic E-state index is 12.3. The van der Waals surface area contributed by atoms with Crippen LogP contribution in [-0.4, -0.2) is 59.5 Å². The van der Waals surface area contributed by atoms with Crippen LogP contribution in [0.5, 0.6) is 0 Å². The van der Waals surface area contributed by atoms with Crippen molar-refractivity contribution in [3.8, 4) is 5.69 Å². The Balaban J connectivity index is 1.55. The number of nitrogens with zero attached hydrogens (tertiary/aromatic N) is 3. The number of para-hydroxylation sites is 1. The summed E-state index contributed by atoms with van der Waals surface area (Å²) in [4.78, 5) is 14.6. The Morgan fingerprint density at radius 1 is 1.30 bits per heavy atom. The van der Waals surface area contributed by atoms with Gasteiger partial charge in [-0.15, -0.1) is 0 Å². The SMILES string of the molecule is C[C@H](CNC(=O)c1cnn(-c2ccccc2)c1)N1CCOCC1. The maximum Gasteiger partial charge on any atom is 0.254 e. The van der Waals surface area contributed by atoms with E-state index in [0.29, 0.717) is 18.2 Å². The topological polar surface area (TPSA) is 59.4 Å². The van der Waals surface area contributed by atoms with E-state index in [9.17, 15) is 4.79 Å². The van der Waals surface area contributed by atoms with Crippen LogP contribution in [-0.2, 0) is 4.74 Å². The van der Waals surface area contributed by atoms with Crippen LogP contribution < -0.4 is 5.32 Å². The summed E-state index contributed by atoms with van der Waals surface area (Å²) in [6.07, 6.45) is 3.35. The minimum absolute atomic E-state index is 0.0905. The Bertz CT molecular complexity index is 635. The highest BCUT2D eigenvalue weighted by atomic mass is 16.5. The number of aromatic nitrogens is 2. The minimum atomic E-state index is -0.0905. The molecular weight excluding hydrogens is 292 g/mol. The minimum Gasteiger partial charge on any atom is -0.379 e. The molecule has 0 radical (unpaired) electrons. The number of hydrogen-bond donors (Lipinski definition) is 1. The smallest absolute Gasteiger partial charge is 0.254 e. The molecule has 0 bridgehead atoms. The quantitative estimate of drug-likeness (QED) is 0.904. The number of carbonyl (C=O) groups is 1. The molecule has 0 spiro atoms. The van der Waals surface area contributed by atoms with Crippen molar-refractivity contribution in [2.75, 3.05) is 32.8 Å². The number of morpholine rings is 1. The Morgan fingerprint density at radius 3 is 2.78 bits per heavy atom. The van der Waals surface area contributed by atoms with Crippen molar-refractivity contribution in [3.05, 3.63) is 48.3 Å². The lowest BCUT2D eigenvalue weighted by molar-refractivity contribution is 0.0204. The fraction of sp³-hybridized carbons (Fsp3) is 0.412. The van der Waals surface area contributed by atoms with Crippen LogP contribution >= 0.6 is 0 Å². The van der Waals surface area contributed by atoms with E-state index in [0.717, 1.165) is 32.0 Å². The summed E-state index contributed by atoms with van der Waals surface area (Å²) < 4.78 is 7.06. The molecule has 2 aromatic rings. The van der Waals surface area contributed by atoms with Crippen molar-refractivity contribution in [3.63, 3.8) is 0 Å². The first-order valence-corrected chi connectivity index (χ1v) is 7.94. The van der Waals surface area contributed by atoms with Crippen molar-refractivity contribution in [1.82, 2.24) is 20.0 Å². The Morgan fingerprint density at radius 2 is 2.04 bits per heavy atom. The summed E-state index contributed by atoms with van der Waals surface area (Å²) in [7, 11) is 0.